The zero-order valence-corrected chi connectivity index (χ0v) is 19.1. The van der Waals surface area contributed by atoms with Gasteiger partial charge in [-0.25, -0.2) is 9.59 Å². The van der Waals surface area contributed by atoms with Crippen molar-refractivity contribution in [2.45, 2.75) is 43.4 Å². The zero-order valence-electron chi connectivity index (χ0n) is 19.1. The number of likely N-dealkylation sites (N-methyl/N-ethyl adjacent to an activating group) is 1. The number of carbonyl (C=O) groups is 2. The first-order valence-electron chi connectivity index (χ1n) is 10.3. The third-order valence-electron chi connectivity index (χ3n) is 4.78. The fraction of sp³-hybridized carbons (Fsp3) is 0.700. The number of carboxylic acids is 2. The lowest BCUT2D eigenvalue weighted by molar-refractivity contribution is -0.193. The molecule has 1 aromatic rings. The highest BCUT2D eigenvalue weighted by Gasteiger charge is 2.43. The lowest BCUT2D eigenvalue weighted by Gasteiger charge is -2.32. The van der Waals surface area contributed by atoms with E-state index in [0.29, 0.717) is 12.7 Å². The van der Waals surface area contributed by atoms with Crippen LogP contribution in [0.1, 0.15) is 18.6 Å². The van der Waals surface area contributed by atoms with Crippen LogP contribution in [0.4, 0.5) is 26.3 Å². The topological polar surface area (TPSA) is 113 Å². The van der Waals surface area contributed by atoms with E-state index in [4.69, 9.17) is 33.7 Å². The Kier molecular flexibility index (Phi) is 11.5. The highest BCUT2D eigenvalue weighted by molar-refractivity contribution is 5.73. The van der Waals surface area contributed by atoms with Crippen LogP contribution >= 0.6 is 0 Å². The second kappa shape index (κ2) is 13.1. The van der Waals surface area contributed by atoms with Crippen LogP contribution in [0.15, 0.2) is 22.8 Å². The SMILES string of the molecule is CN(C)CC1CCC2(COCCN(Cc3ccco3)C2)O1.O=C(O)C(F)(F)F.O=C(O)C(F)(F)F. The molecular weight excluding hydrogens is 494 g/mol. The monoisotopic (exact) mass is 522 g/mol. The van der Waals surface area contributed by atoms with Crippen molar-refractivity contribution in [1.29, 1.82) is 0 Å². The molecule has 2 unspecified atom stereocenters. The predicted octanol–water partition coefficient (Wildman–Crippen LogP) is 2.86. The highest BCUT2D eigenvalue weighted by atomic mass is 19.4. The second-order valence-corrected chi connectivity index (χ2v) is 8.17. The molecule has 2 aliphatic heterocycles. The molecule has 2 atom stereocenters. The van der Waals surface area contributed by atoms with Crippen LogP contribution in [-0.4, -0.2) is 103 Å². The number of furan rings is 1. The van der Waals surface area contributed by atoms with Gasteiger partial charge in [-0.2, -0.15) is 26.3 Å². The molecule has 35 heavy (non-hydrogen) atoms. The number of ether oxygens (including phenoxy) is 2. The van der Waals surface area contributed by atoms with Gasteiger partial charge in [0.05, 0.1) is 32.1 Å². The summed E-state index contributed by atoms with van der Waals surface area (Å²) < 4.78 is 81.2. The van der Waals surface area contributed by atoms with Gasteiger partial charge in [-0.05, 0) is 39.1 Å². The Bertz CT molecular complexity index is 762. The molecule has 9 nitrogen and oxygen atoms in total. The minimum absolute atomic E-state index is 0.135. The highest BCUT2D eigenvalue weighted by Crippen LogP contribution is 2.33. The van der Waals surface area contributed by atoms with Crippen LogP contribution in [0.5, 0.6) is 0 Å². The summed E-state index contributed by atoms with van der Waals surface area (Å²) in [6.45, 7) is 5.16. The van der Waals surface area contributed by atoms with Gasteiger partial charge in [-0.3, -0.25) is 4.90 Å². The standard InChI is InChI=1S/C16H26N2O3.2C2HF3O2/c1-17(2)10-15-5-6-16(21-15)12-18(7-9-19-13-16)11-14-4-3-8-20-14;2*3-2(4,5)1(6)7/h3-4,8,15H,5-7,9-13H2,1-2H3;2*(H,6,7). The Balaban J connectivity index is 0.000000362. The molecule has 0 radical (unpaired) electrons. The van der Waals surface area contributed by atoms with Crippen LogP contribution in [0, 0.1) is 0 Å². The second-order valence-electron chi connectivity index (χ2n) is 8.17. The summed E-state index contributed by atoms with van der Waals surface area (Å²) in [7, 11) is 4.20. The van der Waals surface area contributed by atoms with E-state index >= 15 is 0 Å². The third-order valence-corrected chi connectivity index (χ3v) is 4.78. The van der Waals surface area contributed by atoms with Crippen LogP contribution < -0.4 is 0 Å². The molecule has 1 spiro atoms. The van der Waals surface area contributed by atoms with Crippen molar-refractivity contribution in [2.75, 3.05) is 46.9 Å². The molecule has 0 saturated carbocycles. The van der Waals surface area contributed by atoms with E-state index in [1.807, 2.05) is 12.1 Å². The first-order chi connectivity index (χ1) is 16.0. The van der Waals surface area contributed by atoms with Crippen LogP contribution in [-0.2, 0) is 25.6 Å². The summed E-state index contributed by atoms with van der Waals surface area (Å²) >= 11 is 0. The van der Waals surface area contributed by atoms with Gasteiger partial charge in [-0.15, -0.1) is 0 Å². The number of carboxylic acid groups (broad SMARTS) is 2. The van der Waals surface area contributed by atoms with Gasteiger partial charge in [-0.1, -0.05) is 0 Å². The molecule has 0 bridgehead atoms. The quantitative estimate of drug-likeness (QED) is 0.577. The van der Waals surface area contributed by atoms with Gasteiger partial charge in [0.2, 0.25) is 0 Å². The molecule has 3 rings (SSSR count). The van der Waals surface area contributed by atoms with Crippen LogP contribution in [0.2, 0.25) is 0 Å². The zero-order chi connectivity index (χ0) is 26.9. The average Bonchev–Trinajstić information content (AvgIpc) is 3.29. The first-order valence-corrected chi connectivity index (χ1v) is 10.3. The summed E-state index contributed by atoms with van der Waals surface area (Å²) in [6.07, 6.45) is -5.90. The van der Waals surface area contributed by atoms with E-state index < -0.39 is 24.3 Å². The largest absolute Gasteiger partial charge is 0.490 e. The van der Waals surface area contributed by atoms with Crippen molar-refractivity contribution in [1.82, 2.24) is 9.80 Å². The summed E-state index contributed by atoms with van der Waals surface area (Å²) in [6, 6.07) is 3.97. The smallest absolute Gasteiger partial charge is 0.475 e. The summed E-state index contributed by atoms with van der Waals surface area (Å²) in [5.74, 6) is -4.50. The molecule has 1 aromatic heterocycles. The Labute approximate surface area is 197 Å². The van der Waals surface area contributed by atoms with Gasteiger partial charge >= 0.3 is 24.3 Å². The third kappa shape index (κ3) is 11.7. The fourth-order valence-corrected chi connectivity index (χ4v) is 3.40. The summed E-state index contributed by atoms with van der Waals surface area (Å²) in [5.41, 5.74) is -0.135. The lowest BCUT2D eigenvalue weighted by atomic mass is 10.00. The number of hydrogen-bond acceptors (Lipinski definition) is 7. The van der Waals surface area contributed by atoms with Crippen molar-refractivity contribution >= 4 is 11.9 Å². The van der Waals surface area contributed by atoms with Crippen LogP contribution in [0.25, 0.3) is 0 Å². The number of aliphatic carboxylic acids is 2. The average molecular weight is 522 g/mol. The molecule has 0 aromatic carbocycles. The Morgan fingerprint density at radius 3 is 2.17 bits per heavy atom. The molecule has 0 aliphatic carbocycles. The molecule has 15 heteroatoms. The maximum atomic E-state index is 10.6. The van der Waals surface area contributed by atoms with Crippen molar-refractivity contribution in [2.24, 2.45) is 0 Å². The van der Waals surface area contributed by atoms with Gasteiger partial charge < -0.3 is 29.0 Å². The van der Waals surface area contributed by atoms with Crippen molar-refractivity contribution in [3.63, 3.8) is 0 Å². The molecule has 2 aliphatic rings. The Hall–Kier alpha value is -2.36. The molecule has 3 heterocycles. The van der Waals surface area contributed by atoms with Crippen molar-refractivity contribution in [3.8, 4) is 0 Å². The maximum absolute atomic E-state index is 10.6. The Morgan fingerprint density at radius 2 is 1.71 bits per heavy atom. The van der Waals surface area contributed by atoms with E-state index in [-0.39, 0.29) is 5.60 Å². The number of rotatable bonds is 4. The summed E-state index contributed by atoms with van der Waals surface area (Å²) in [5, 5.41) is 14.2. The van der Waals surface area contributed by atoms with E-state index in [1.54, 1.807) is 6.26 Å². The van der Waals surface area contributed by atoms with E-state index in [0.717, 1.165) is 51.4 Å². The minimum atomic E-state index is -5.08. The van der Waals surface area contributed by atoms with Gasteiger partial charge in [0.15, 0.2) is 0 Å². The number of halogens is 6. The molecule has 202 valence electrons. The number of nitrogens with zero attached hydrogens (tertiary/aromatic N) is 2. The number of hydrogen-bond donors (Lipinski definition) is 2. The predicted molar refractivity (Wildman–Crippen MR) is 108 cm³/mol. The van der Waals surface area contributed by atoms with E-state index in [2.05, 4.69) is 23.9 Å². The molecule has 2 fully saturated rings. The van der Waals surface area contributed by atoms with Crippen molar-refractivity contribution in [3.05, 3.63) is 24.2 Å². The minimum Gasteiger partial charge on any atom is -0.475 e. The van der Waals surface area contributed by atoms with Crippen LogP contribution in [0.3, 0.4) is 0 Å². The van der Waals surface area contributed by atoms with Gasteiger partial charge in [0, 0.05) is 19.6 Å². The van der Waals surface area contributed by atoms with Crippen molar-refractivity contribution < 1.29 is 60.0 Å². The summed E-state index contributed by atoms with van der Waals surface area (Å²) in [4.78, 5) is 22.4. The van der Waals surface area contributed by atoms with Gasteiger partial charge in [0.25, 0.3) is 0 Å². The molecular formula is C20H28F6N2O7. The normalized spacial score (nSPS) is 23.2. The van der Waals surface area contributed by atoms with E-state index in [9.17, 15) is 26.3 Å². The number of alkyl halides is 6. The molecule has 2 N–H and O–H groups in total. The van der Waals surface area contributed by atoms with E-state index in [1.165, 1.54) is 0 Å². The molecule has 0 amide bonds. The first kappa shape index (κ1) is 30.7. The fourth-order valence-electron chi connectivity index (χ4n) is 3.40. The lowest BCUT2D eigenvalue weighted by Crippen LogP contribution is -2.44. The maximum Gasteiger partial charge on any atom is 0.490 e. The molecule has 2 saturated heterocycles. The van der Waals surface area contributed by atoms with Gasteiger partial charge in [0.1, 0.15) is 11.4 Å². The Morgan fingerprint density at radius 1 is 1.14 bits per heavy atom.